The van der Waals surface area contributed by atoms with E-state index in [0.717, 1.165) is 0 Å². The number of alkyl halides is 3. The number of rotatable bonds is 5. The molecule has 2 N–H and O–H groups in total. The molecular weight excluding hydrogens is 299 g/mol. The number of carboxylic acids is 1. The minimum atomic E-state index is -5.26. The van der Waals surface area contributed by atoms with Gasteiger partial charge in [0, 0.05) is 0 Å². The highest BCUT2D eigenvalue weighted by Gasteiger charge is 2.59. The summed E-state index contributed by atoms with van der Waals surface area (Å²) in [6.45, 7) is 0.262. The fraction of sp³-hybridized carbons (Fsp3) is 0.364. The van der Waals surface area contributed by atoms with Crippen LogP contribution >= 0.6 is 0 Å². The molecule has 0 aliphatic rings. The SMILES string of the molecule is CC(NS(=O)(=O)Cc1ccccc1)(C(=O)O)C(F)(F)F. The van der Waals surface area contributed by atoms with Crippen molar-refractivity contribution in [2.45, 2.75) is 24.4 Å². The van der Waals surface area contributed by atoms with Crippen molar-refractivity contribution in [1.82, 2.24) is 4.72 Å². The van der Waals surface area contributed by atoms with E-state index in [1.165, 1.54) is 29.0 Å². The van der Waals surface area contributed by atoms with Crippen molar-refractivity contribution in [3.05, 3.63) is 35.9 Å². The van der Waals surface area contributed by atoms with E-state index in [1.807, 2.05) is 0 Å². The number of aliphatic carboxylic acids is 1. The molecule has 0 spiro atoms. The maximum atomic E-state index is 12.7. The molecule has 0 saturated carbocycles. The molecule has 9 heteroatoms. The second-order valence-corrected chi connectivity index (χ2v) is 6.00. The number of nitrogens with one attached hydrogen (secondary N) is 1. The zero-order valence-electron chi connectivity index (χ0n) is 10.3. The summed E-state index contributed by atoms with van der Waals surface area (Å²) in [5.74, 6) is -3.06. The minimum Gasteiger partial charge on any atom is -0.480 e. The van der Waals surface area contributed by atoms with Crippen molar-refractivity contribution in [2.24, 2.45) is 0 Å². The fourth-order valence-electron chi connectivity index (χ4n) is 1.36. The van der Waals surface area contributed by atoms with Gasteiger partial charge < -0.3 is 5.11 Å². The van der Waals surface area contributed by atoms with Crippen LogP contribution < -0.4 is 4.72 Å². The lowest BCUT2D eigenvalue weighted by Crippen LogP contribution is -2.61. The maximum Gasteiger partial charge on any atom is 0.418 e. The van der Waals surface area contributed by atoms with Gasteiger partial charge in [0.15, 0.2) is 0 Å². The van der Waals surface area contributed by atoms with Gasteiger partial charge in [0.05, 0.1) is 5.75 Å². The lowest BCUT2D eigenvalue weighted by Gasteiger charge is -2.28. The molecule has 0 aliphatic carbocycles. The van der Waals surface area contributed by atoms with Gasteiger partial charge >= 0.3 is 12.1 Å². The van der Waals surface area contributed by atoms with Gasteiger partial charge in [-0.15, -0.1) is 0 Å². The number of carbonyl (C=O) groups is 1. The van der Waals surface area contributed by atoms with Crippen LogP contribution in [0.4, 0.5) is 13.2 Å². The molecule has 0 heterocycles. The molecule has 1 rings (SSSR count). The van der Waals surface area contributed by atoms with Crippen LogP contribution in [0.1, 0.15) is 12.5 Å². The third-order valence-corrected chi connectivity index (χ3v) is 3.99. The lowest BCUT2D eigenvalue weighted by molar-refractivity contribution is -0.201. The topological polar surface area (TPSA) is 83.5 Å². The van der Waals surface area contributed by atoms with Gasteiger partial charge in [0.25, 0.3) is 0 Å². The van der Waals surface area contributed by atoms with Gasteiger partial charge in [-0.3, -0.25) is 0 Å². The highest BCUT2D eigenvalue weighted by Crippen LogP contribution is 2.31. The van der Waals surface area contributed by atoms with E-state index in [0.29, 0.717) is 0 Å². The summed E-state index contributed by atoms with van der Waals surface area (Å²) in [4.78, 5) is 10.8. The molecule has 0 radical (unpaired) electrons. The molecule has 0 bridgehead atoms. The van der Waals surface area contributed by atoms with Crippen molar-refractivity contribution in [1.29, 1.82) is 0 Å². The maximum absolute atomic E-state index is 12.7. The molecular formula is C11H12F3NO4S. The van der Waals surface area contributed by atoms with Crippen molar-refractivity contribution in [3.8, 4) is 0 Å². The lowest BCUT2D eigenvalue weighted by atomic mass is 10.0. The summed E-state index contributed by atoms with van der Waals surface area (Å²) in [5, 5.41) is 8.65. The predicted molar refractivity (Wildman–Crippen MR) is 64.3 cm³/mol. The largest absolute Gasteiger partial charge is 0.480 e. The van der Waals surface area contributed by atoms with Gasteiger partial charge in [-0.05, 0) is 12.5 Å². The van der Waals surface area contributed by atoms with Gasteiger partial charge in [0.1, 0.15) is 0 Å². The Morgan fingerprint density at radius 1 is 1.25 bits per heavy atom. The van der Waals surface area contributed by atoms with Gasteiger partial charge in [0.2, 0.25) is 15.6 Å². The number of sulfonamides is 1. The Kier molecular flexibility index (Phi) is 4.45. The molecule has 5 nitrogen and oxygen atoms in total. The molecule has 0 aromatic heterocycles. The number of hydrogen-bond acceptors (Lipinski definition) is 3. The second kappa shape index (κ2) is 5.41. The van der Waals surface area contributed by atoms with Crippen LogP contribution in [0.3, 0.4) is 0 Å². The molecule has 20 heavy (non-hydrogen) atoms. The first-order valence-electron chi connectivity index (χ1n) is 5.34. The smallest absolute Gasteiger partial charge is 0.418 e. The third-order valence-electron chi connectivity index (χ3n) is 2.55. The van der Waals surface area contributed by atoms with E-state index in [2.05, 4.69) is 0 Å². The summed E-state index contributed by atoms with van der Waals surface area (Å²) in [5.41, 5.74) is -3.32. The normalized spacial score (nSPS) is 15.6. The minimum absolute atomic E-state index is 0.245. The molecule has 0 fully saturated rings. The van der Waals surface area contributed by atoms with E-state index in [-0.39, 0.29) is 12.5 Å². The highest BCUT2D eigenvalue weighted by atomic mass is 32.2. The number of carboxylic acid groups (broad SMARTS) is 1. The average Bonchev–Trinajstić information content (AvgIpc) is 2.27. The van der Waals surface area contributed by atoms with Crippen LogP contribution in [0.25, 0.3) is 0 Å². The molecule has 1 unspecified atom stereocenters. The summed E-state index contributed by atoms with van der Waals surface area (Å²) < 4.78 is 62.7. The van der Waals surface area contributed by atoms with Crippen LogP contribution in [-0.2, 0) is 20.6 Å². The van der Waals surface area contributed by atoms with E-state index in [9.17, 15) is 26.4 Å². The first-order chi connectivity index (χ1) is 8.98. The average molecular weight is 311 g/mol. The van der Waals surface area contributed by atoms with E-state index in [4.69, 9.17) is 5.11 Å². The van der Waals surface area contributed by atoms with E-state index >= 15 is 0 Å². The Morgan fingerprint density at radius 3 is 2.15 bits per heavy atom. The Bertz CT molecular complexity index is 585. The number of halogens is 3. The Hall–Kier alpha value is -1.61. The molecule has 0 amide bonds. The van der Waals surface area contributed by atoms with Gasteiger partial charge in [-0.1, -0.05) is 30.3 Å². The van der Waals surface area contributed by atoms with Crippen LogP contribution in [0.5, 0.6) is 0 Å². The van der Waals surface area contributed by atoms with Crippen molar-refractivity contribution in [2.75, 3.05) is 0 Å². The first kappa shape index (κ1) is 16.4. The Balaban J connectivity index is 3.03. The molecule has 1 atom stereocenters. The van der Waals surface area contributed by atoms with Crippen molar-refractivity contribution in [3.63, 3.8) is 0 Å². The molecule has 0 saturated heterocycles. The molecule has 0 aliphatic heterocycles. The summed E-state index contributed by atoms with van der Waals surface area (Å²) in [6, 6.07) is 7.46. The summed E-state index contributed by atoms with van der Waals surface area (Å²) in [6.07, 6.45) is -5.26. The van der Waals surface area contributed by atoms with Crippen LogP contribution in [0.2, 0.25) is 0 Å². The predicted octanol–water partition coefficient (Wildman–Crippen LogP) is 1.51. The van der Waals surface area contributed by atoms with Crippen LogP contribution in [-0.4, -0.2) is 31.2 Å². The Labute approximate surface area is 113 Å². The van der Waals surface area contributed by atoms with Crippen molar-refractivity contribution < 1.29 is 31.5 Å². The monoisotopic (exact) mass is 311 g/mol. The zero-order chi connectivity index (χ0) is 15.6. The zero-order valence-corrected chi connectivity index (χ0v) is 11.1. The standard InChI is InChI=1S/C11H12F3NO4S/c1-10(9(16)17,11(12,13)14)15-20(18,19)7-8-5-3-2-4-6-8/h2-6,15H,7H2,1H3,(H,16,17). The molecule has 112 valence electrons. The highest BCUT2D eigenvalue weighted by molar-refractivity contribution is 7.88. The number of hydrogen-bond donors (Lipinski definition) is 2. The third kappa shape index (κ3) is 3.70. The van der Waals surface area contributed by atoms with Gasteiger partial charge in [-0.2, -0.15) is 17.9 Å². The van der Waals surface area contributed by atoms with Gasteiger partial charge in [-0.25, -0.2) is 13.2 Å². The first-order valence-corrected chi connectivity index (χ1v) is 6.99. The summed E-state index contributed by atoms with van der Waals surface area (Å²) in [7, 11) is -4.47. The van der Waals surface area contributed by atoms with Crippen LogP contribution in [0, 0.1) is 0 Å². The van der Waals surface area contributed by atoms with Crippen molar-refractivity contribution >= 4 is 16.0 Å². The second-order valence-electron chi connectivity index (χ2n) is 4.27. The Morgan fingerprint density at radius 2 is 1.75 bits per heavy atom. The fourth-order valence-corrected chi connectivity index (χ4v) is 2.89. The number of benzene rings is 1. The van der Waals surface area contributed by atoms with E-state index < -0.39 is 33.5 Å². The summed E-state index contributed by atoms with van der Waals surface area (Å²) >= 11 is 0. The molecule has 1 aromatic carbocycles. The van der Waals surface area contributed by atoms with Crippen LogP contribution in [0.15, 0.2) is 30.3 Å². The molecule has 1 aromatic rings. The van der Waals surface area contributed by atoms with E-state index in [1.54, 1.807) is 6.07 Å². The quantitative estimate of drug-likeness (QED) is 0.863.